The van der Waals surface area contributed by atoms with Gasteiger partial charge in [0.2, 0.25) is 0 Å². The quantitative estimate of drug-likeness (QED) is 0.305. The van der Waals surface area contributed by atoms with Crippen molar-refractivity contribution in [3.63, 3.8) is 0 Å². The van der Waals surface area contributed by atoms with Crippen molar-refractivity contribution in [2.24, 2.45) is 0 Å². The molecule has 22 heavy (non-hydrogen) atoms. The average molecular weight is 371 g/mol. The Bertz CT molecular complexity index is 351. The number of rotatable bonds is 14. The zero-order valence-electron chi connectivity index (χ0n) is 14.0. The number of ether oxygens (including phenoxy) is 2. The number of benzene rings is 1. The lowest BCUT2D eigenvalue weighted by Gasteiger charge is -2.07. The molecule has 0 spiro atoms. The molecule has 0 bridgehead atoms. The topological polar surface area (TPSA) is 18.5 Å². The summed E-state index contributed by atoms with van der Waals surface area (Å²) in [7, 11) is 0. The summed E-state index contributed by atoms with van der Waals surface area (Å²) in [5.74, 6) is 0.936. The van der Waals surface area contributed by atoms with Crippen LogP contribution in [0.15, 0.2) is 24.3 Å². The Kier molecular flexibility index (Phi) is 12.5. The first-order valence-electron chi connectivity index (χ1n) is 8.72. The molecule has 0 atom stereocenters. The molecular formula is C19H31BrO2. The minimum Gasteiger partial charge on any atom is -0.491 e. The van der Waals surface area contributed by atoms with E-state index in [0.29, 0.717) is 13.2 Å². The van der Waals surface area contributed by atoms with E-state index in [-0.39, 0.29) is 0 Å². The van der Waals surface area contributed by atoms with Gasteiger partial charge >= 0.3 is 0 Å². The van der Waals surface area contributed by atoms with Gasteiger partial charge in [0.15, 0.2) is 0 Å². The summed E-state index contributed by atoms with van der Waals surface area (Å²) in [5.41, 5.74) is 1.41. The van der Waals surface area contributed by atoms with Crippen LogP contribution in [-0.4, -0.2) is 25.2 Å². The molecule has 1 aromatic rings. The lowest BCUT2D eigenvalue weighted by atomic mass is 10.0. The van der Waals surface area contributed by atoms with Crippen molar-refractivity contribution in [1.82, 2.24) is 0 Å². The third kappa shape index (κ3) is 10.2. The third-order valence-electron chi connectivity index (χ3n) is 3.71. The monoisotopic (exact) mass is 370 g/mol. The summed E-state index contributed by atoms with van der Waals surface area (Å²) in [6.45, 7) is 4.26. The van der Waals surface area contributed by atoms with Gasteiger partial charge in [-0.15, -0.1) is 0 Å². The molecule has 0 amide bonds. The maximum atomic E-state index is 5.65. The van der Waals surface area contributed by atoms with Crippen LogP contribution in [0.1, 0.15) is 57.4 Å². The third-order valence-corrected chi connectivity index (χ3v) is 4.03. The number of halogens is 1. The Hall–Kier alpha value is -0.540. The van der Waals surface area contributed by atoms with Gasteiger partial charge in [-0.2, -0.15) is 0 Å². The van der Waals surface area contributed by atoms with Gasteiger partial charge in [-0.1, -0.05) is 73.5 Å². The van der Waals surface area contributed by atoms with Crippen LogP contribution in [0.3, 0.4) is 0 Å². The number of hydrogen-bond acceptors (Lipinski definition) is 2. The Morgan fingerprint density at radius 3 is 2.18 bits per heavy atom. The van der Waals surface area contributed by atoms with E-state index in [9.17, 15) is 0 Å². The van der Waals surface area contributed by atoms with Crippen LogP contribution in [0.4, 0.5) is 0 Å². The molecule has 0 aromatic heterocycles. The van der Waals surface area contributed by atoms with Gasteiger partial charge in [-0.05, 0) is 30.5 Å². The molecule has 0 heterocycles. The average Bonchev–Trinajstić information content (AvgIpc) is 2.55. The van der Waals surface area contributed by atoms with E-state index >= 15 is 0 Å². The number of hydrogen-bond donors (Lipinski definition) is 0. The second-order valence-corrected chi connectivity index (χ2v) is 6.46. The summed E-state index contributed by atoms with van der Waals surface area (Å²) in [4.78, 5) is 0. The summed E-state index contributed by atoms with van der Waals surface area (Å²) in [5, 5.41) is 0.875. The van der Waals surface area contributed by atoms with Crippen LogP contribution in [0.5, 0.6) is 5.75 Å². The fraction of sp³-hybridized carbons (Fsp3) is 0.684. The minimum atomic E-state index is 0.615. The van der Waals surface area contributed by atoms with E-state index in [4.69, 9.17) is 9.47 Å². The molecule has 0 aliphatic rings. The molecule has 0 N–H and O–H groups in total. The molecule has 0 saturated heterocycles. The molecule has 3 heteroatoms. The molecule has 1 rings (SSSR count). The van der Waals surface area contributed by atoms with Crippen LogP contribution in [0, 0.1) is 0 Å². The van der Waals surface area contributed by atoms with Crippen molar-refractivity contribution < 1.29 is 9.47 Å². The Morgan fingerprint density at radius 2 is 1.50 bits per heavy atom. The minimum absolute atomic E-state index is 0.615. The summed E-state index contributed by atoms with van der Waals surface area (Å²) < 4.78 is 11.0. The maximum absolute atomic E-state index is 5.65. The van der Waals surface area contributed by atoms with Crippen molar-refractivity contribution in [1.29, 1.82) is 0 Å². The highest BCUT2D eigenvalue weighted by atomic mass is 79.9. The molecule has 0 aliphatic heterocycles. The van der Waals surface area contributed by atoms with Crippen molar-refractivity contribution >= 4 is 15.9 Å². The van der Waals surface area contributed by atoms with E-state index in [2.05, 4.69) is 47.1 Å². The van der Waals surface area contributed by atoms with Gasteiger partial charge in [0, 0.05) is 5.33 Å². The lowest BCUT2D eigenvalue weighted by Crippen LogP contribution is -2.07. The van der Waals surface area contributed by atoms with Crippen LogP contribution in [0.2, 0.25) is 0 Å². The Morgan fingerprint density at radius 1 is 0.818 bits per heavy atom. The van der Waals surface area contributed by atoms with Gasteiger partial charge in [0.05, 0.1) is 13.2 Å². The fourth-order valence-electron chi connectivity index (χ4n) is 2.41. The van der Waals surface area contributed by atoms with E-state index < -0.39 is 0 Å². The maximum Gasteiger partial charge on any atom is 0.119 e. The summed E-state index contributed by atoms with van der Waals surface area (Å²) in [6.07, 6.45) is 10.7. The zero-order chi connectivity index (χ0) is 15.9. The molecule has 0 radical (unpaired) electrons. The van der Waals surface area contributed by atoms with Gasteiger partial charge in [-0.25, -0.2) is 0 Å². The zero-order valence-corrected chi connectivity index (χ0v) is 15.6. The lowest BCUT2D eigenvalue weighted by molar-refractivity contribution is 0.112. The van der Waals surface area contributed by atoms with Gasteiger partial charge in [-0.3, -0.25) is 0 Å². The molecule has 126 valence electrons. The second-order valence-electron chi connectivity index (χ2n) is 5.67. The SMILES string of the molecule is CCCCCCCCCc1ccc(OCCOCCBr)cc1. The van der Waals surface area contributed by atoms with Crippen molar-refractivity contribution in [3.05, 3.63) is 29.8 Å². The van der Waals surface area contributed by atoms with Crippen LogP contribution in [0.25, 0.3) is 0 Å². The van der Waals surface area contributed by atoms with E-state index in [1.165, 1.54) is 56.9 Å². The van der Waals surface area contributed by atoms with Crippen LogP contribution in [-0.2, 0) is 11.2 Å². The first-order chi connectivity index (χ1) is 10.9. The molecule has 0 unspecified atom stereocenters. The molecule has 0 aliphatic carbocycles. The van der Waals surface area contributed by atoms with Crippen molar-refractivity contribution in [2.75, 3.05) is 25.2 Å². The predicted octanol–water partition coefficient (Wildman–Crippen LogP) is 5.77. The van der Waals surface area contributed by atoms with E-state index in [1.54, 1.807) is 0 Å². The van der Waals surface area contributed by atoms with Gasteiger partial charge < -0.3 is 9.47 Å². The molecule has 0 saturated carbocycles. The Labute approximate surface area is 144 Å². The first-order valence-corrected chi connectivity index (χ1v) is 9.84. The smallest absolute Gasteiger partial charge is 0.119 e. The number of aryl methyl sites for hydroxylation is 1. The van der Waals surface area contributed by atoms with Crippen molar-refractivity contribution in [3.8, 4) is 5.75 Å². The highest BCUT2D eigenvalue weighted by Gasteiger charge is 1.97. The number of alkyl halides is 1. The molecule has 1 aromatic carbocycles. The van der Waals surface area contributed by atoms with Crippen molar-refractivity contribution in [2.45, 2.75) is 58.3 Å². The molecule has 2 nitrogen and oxygen atoms in total. The highest BCUT2D eigenvalue weighted by Crippen LogP contribution is 2.15. The predicted molar refractivity (Wildman–Crippen MR) is 98.2 cm³/mol. The summed E-state index contributed by atoms with van der Waals surface area (Å²) in [6, 6.07) is 8.51. The first kappa shape index (κ1) is 19.5. The van der Waals surface area contributed by atoms with E-state index in [0.717, 1.165) is 17.7 Å². The van der Waals surface area contributed by atoms with Crippen LogP contribution < -0.4 is 4.74 Å². The van der Waals surface area contributed by atoms with E-state index in [1.807, 2.05) is 0 Å². The second kappa shape index (κ2) is 14.1. The summed E-state index contributed by atoms with van der Waals surface area (Å²) >= 11 is 3.33. The van der Waals surface area contributed by atoms with Gasteiger partial charge in [0.1, 0.15) is 12.4 Å². The normalized spacial score (nSPS) is 10.8. The van der Waals surface area contributed by atoms with Gasteiger partial charge in [0.25, 0.3) is 0 Å². The highest BCUT2D eigenvalue weighted by molar-refractivity contribution is 9.09. The standard InChI is InChI=1S/C19H31BrO2/c1-2-3-4-5-6-7-8-9-18-10-12-19(13-11-18)22-17-16-21-15-14-20/h10-13H,2-9,14-17H2,1H3. The largest absolute Gasteiger partial charge is 0.491 e. The molecular weight excluding hydrogens is 340 g/mol. The number of unbranched alkanes of at least 4 members (excludes halogenated alkanes) is 6. The van der Waals surface area contributed by atoms with Crippen LogP contribution >= 0.6 is 15.9 Å². The molecule has 0 fully saturated rings. The Balaban J connectivity index is 2.06. The fourth-order valence-corrected chi connectivity index (χ4v) is 2.64.